The highest BCUT2D eigenvalue weighted by Gasteiger charge is 2.36. The molecule has 1 N–H and O–H groups in total. The molecule has 3 rings (SSSR count). The molecule has 0 spiro atoms. The van der Waals surface area contributed by atoms with Crippen molar-refractivity contribution in [1.82, 2.24) is 10.2 Å². The lowest BCUT2D eigenvalue weighted by atomic mass is 10.1. The molecule has 4 amide bonds. The van der Waals surface area contributed by atoms with Crippen molar-refractivity contribution in [3.8, 4) is 0 Å². The van der Waals surface area contributed by atoms with Gasteiger partial charge in [-0.05, 0) is 52.9 Å². The molecule has 22 heavy (non-hydrogen) atoms. The number of urea groups is 1. The van der Waals surface area contributed by atoms with Gasteiger partial charge in [-0.1, -0.05) is 0 Å². The molecule has 3 heterocycles. The summed E-state index contributed by atoms with van der Waals surface area (Å²) in [6.45, 7) is -0.0576. The van der Waals surface area contributed by atoms with Crippen molar-refractivity contribution in [3.05, 3.63) is 51.4 Å². The van der Waals surface area contributed by atoms with E-state index in [9.17, 15) is 14.4 Å². The maximum atomic E-state index is 12.4. The zero-order valence-corrected chi connectivity index (χ0v) is 13.2. The standard InChI is InChI=1S/C14H9IN2O5/c15-11-4-3-8(22-11)6-10-12(18)16-14(20)17(13(10)19)7-9-2-1-5-21-9/h1-6H,7H2,(H,16,18,20)/b10-6+. The maximum Gasteiger partial charge on any atom is 0.331 e. The number of furan rings is 2. The number of nitrogens with one attached hydrogen (secondary N) is 1. The monoisotopic (exact) mass is 412 g/mol. The second-order valence-corrected chi connectivity index (χ2v) is 5.49. The van der Waals surface area contributed by atoms with Crippen molar-refractivity contribution in [2.45, 2.75) is 6.54 Å². The minimum atomic E-state index is -0.780. The number of imide groups is 2. The summed E-state index contributed by atoms with van der Waals surface area (Å²) >= 11 is 1.97. The lowest BCUT2D eigenvalue weighted by Crippen LogP contribution is -2.53. The summed E-state index contributed by atoms with van der Waals surface area (Å²) in [5, 5.41) is 2.12. The van der Waals surface area contributed by atoms with E-state index in [0.717, 1.165) is 4.90 Å². The first kappa shape index (κ1) is 14.6. The zero-order valence-electron chi connectivity index (χ0n) is 11.0. The molecule has 0 unspecified atom stereocenters. The minimum absolute atomic E-state index is 0.0576. The van der Waals surface area contributed by atoms with Gasteiger partial charge < -0.3 is 8.83 Å². The van der Waals surface area contributed by atoms with Crippen LogP contribution in [0.5, 0.6) is 0 Å². The molecule has 1 saturated heterocycles. The Labute approximate surface area is 138 Å². The van der Waals surface area contributed by atoms with E-state index in [2.05, 4.69) is 5.32 Å². The van der Waals surface area contributed by atoms with Crippen LogP contribution in [0.15, 0.2) is 44.9 Å². The van der Waals surface area contributed by atoms with Gasteiger partial charge in [0, 0.05) is 0 Å². The van der Waals surface area contributed by atoms with Gasteiger partial charge in [0.05, 0.1) is 12.8 Å². The van der Waals surface area contributed by atoms with E-state index in [1.165, 1.54) is 12.3 Å². The summed E-state index contributed by atoms with van der Waals surface area (Å²) in [5.74, 6) is -0.659. The van der Waals surface area contributed by atoms with E-state index in [4.69, 9.17) is 8.83 Å². The van der Waals surface area contributed by atoms with Crippen LogP contribution in [0.3, 0.4) is 0 Å². The van der Waals surface area contributed by atoms with Crippen molar-refractivity contribution >= 4 is 46.5 Å². The summed E-state index contributed by atoms with van der Waals surface area (Å²) in [7, 11) is 0. The second-order valence-electron chi connectivity index (χ2n) is 4.43. The van der Waals surface area contributed by atoms with Crippen LogP contribution in [-0.2, 0) is 16.1 Å². The van der Waals surface area contributed by atoms with E-state index in [0.29, 0.717) is 15.3 Å². The van der Waals surface area contributed by atoms with Crippen LogP contribution >= 0.6 is 22.6 Å². The van der Waals surface area contributed by atoms with Crippen LogP contribution in [0.4, 0.5) is 4.79 Å². The van der Waals surface area contributed by atoms with Crippen LogP contribution < -0.4 is 5.32 Å². The molecule has 1 aliphatic heterocycles. The first-order valence-electron chi connectivity index (χ1n) is 6.21. The molecule has 2 aromatic heterocycles. The fourth-order valence-electron chi connectivity index (χ4n) is 1.94. The number of nitrogens with zero attached hydrogens (tertiary/aromatic N) is 1. The van der Waals surface area contributed by atoms with Gasteiger partial charge in [-0.25, -0.2) is 4.79 Å². The fraction of sp³-hybridized carbons (Fsp3) is 0.0714. The van der Waals surface area contributed by atoms with Crippen molar-refractivity contribution in [1.29, 1.82) is 0 Å². The molecule has 0 aromatic carbocycles. The van der Waals surface area contributed by atoms with Gasteiger partial charge in [-0.15, -0.1) is 0 Å². The Morgan fingerprint density at radius 1 is 1.23 bits per heavy atom. The Morgan fingerprint density at radius 2 is 2.05 bits per heavy atom. The molecule has 1 fully saturated rings. The van der Waals surface area contributed by atoms with Gasteiger partial charge in [0.1, 0.15) is 17.1 Å². The Kier molecular flexibility index (Phi) is 3.84. The van der Waals surface area contributed by atoms with Crippen LogP contribution in [-0.4, -0.2) is 22.7 Å². The topological polar surface area (TPSA) is 92.8 Å². The summed E-state index contributed by atoms with van der Waals surface area (Å²) in [6.07, 6.45) is 2.75. The summed E-state index contributed by atoms with van der Waals surface area (Å²) in [5.41, 5.74) is -0.170. The Balaban J connectivity index is 1.90. The van der Waals surface area contributed by atoms with E-state index < -0.39 is 17.8 Å². The number of rotatable bonds is 3. The van der Waals surface area contributed by atoms with Gasteiger partial charge in [0.15, 0.2) is 3.77 Å². The third-order valence-electron chi connectivity index (χ3n) is 2.96. The molecule has 0 radical (unpaired) electrons. The summed E-state index contributed by atoms with van der Waals surface area (Å²) < 4.78 is 11.0. The smallest absolute Gasteiger partial charge is 0.331 e. The number of hydrogen-bond acceptors (Lipinski definition) is 5. The molecule has 7 nitrogen and oxygen atoms in total. The van der Waals surface area contributed by atoms with E-state index in [1.54, 1.807) is 24.3 Å². The largest absolute Gasteiger partial charge is 0.467 e. The highest BCUT2D eigenvalue weighted by atomic mass is 127. The number of carbonyl (C=O) groups is 3. The van der Waals surface area contributed by atoms with Crippen molar-refractivity contribution < 1.29 is 23.2 Å². The molecule has 2 aromatic rings. The predicted molar refractivity (Wildman–Crippen MR) is 82.2 cm³/mol. The minimum Gasteiger partial charge on any atom is -0.467 e. The average Bonchev–Trinajstić information content (AvgIpc) is 3.11. The Morgan fingerprint density at radius 3 is 2.68 bits per heavy atom. The number of amides is 4. The highest BCUT2D eigenvalue weighted by Crippen LogP contribution is 2.19. The molecule has 112 valence electrons. The average molecular weight is 412 g/mol. The van der Waals surface area contributed by atoms with Gasteiger partial charge in [0.25, 0.3) is 11.8 Å². The number of hydrogen-bond donors (Lipinski definition) is 1. The van der Waals surface area contributed by atoms with Gasteiger partial charge in [-0.2, -0.15) is 0 Å². The van der Waals surface area contributed by atoms with Crippen LogP contribution in [0.25, 0.3) is 6.08 Å². The molecule has 0 aliphatic carbocycles. The van der Waals surface area contributed by atoms with E-state index in [1.807, 2.05) is 22.6 Å². The molecule has 8 heteroatoms. The van der Waals surface area contributed by atoms with Crippen molar-refractivity contribution in [2.24, 2.45) is 0 Å². The number of barbiturate groups is 1. The van der Waals surface area contributed by atoms with Crippen LogP contribution in [0.2, 0.25) is 0 Å². The van der Waals surface area contributed by atoms with Gasteiger partial charge in [-0.3, -0.25) is 19.8 Å². The number of carbonyl (C=O) groups excluding carboxylic acids is 3. The molecule has 0 saturated carbocycles. The van der Waals surface area contributed by atoms with E-state index in [-0.39, 0.29) is 12.1 Å². The third kappa shape index (κ3) is 2.82. The summed E-state index contributed by atoms with van der Waals surface area (Å²) in [6, 6.07) is 5.83. The Hall–Kier alpha value is -2.36. The zero-order chi connectivity index (χ0) is 15.7. The molecular weight excluding hydrogens is 403 g/mol. The van der Waals surface area contributed by atoms with Gasteiger partial charge in [0.2, 0.25) is 0 Å². The predicted octanol–water partition coefficient (Wildman–Crippen LogP) is 2.14. The first-order chi connectivity index (χ1) is 10.5. The Bertz CT molecular complexity index is 775. The van der Waals surface area contributed by atoms with Crippen molar-refractivity contribution in [3.63, 3.8) is 0 Å². The van der Waals surface area contributed by atoms with Gasteiger partial charge >= 0.3 is 6.03 Å². The molecule has 0 bridgehead atoms. The quantitative estimate of drug-likeness (QED) is 0.474. The van der Waals surface area contributed by atoms with E-state index >= 15 is 0 Å². The van der Waals surface area contributed by atoms with Crippen LogP contribution in [0.1, 0.15) is 11.5 Å². The molecular formula is C14H9IN2O5. The maximum absolute atomic E-state index is 12.4. The van der Waals surface area contributed by atoms with Crippen LogP contribution in [0, 0.1) is 3.77 Å². The van der Waals surface area contributed by atoms with Crippen molar-refractivity contribution in [2.75, 3.05) is 0 Å². The molecule has 1 aliphatic rings. The fourth-order valence-corrected chi connectivity index (χ4v) is 2.38. The highest BCUT2D eigenvalue weighted by molar-refractivity contribution is 14.1. The SMILES string of the molecule is O=C1NC(=O)N(Cc2ccco2)C(=O)/C1=C/c1ccc(I)o1. The first-order valence-corrected chi connectivity index (χ1v) is 7.29. The number of halogens is 1. The third-order valence-corrected chi connectivity index (χ3v) is 3.54. The normalized spacial score (nSPS) is 17.2. The summed E-state index contributed by atoms with van der Waals surface area (Å²) in [4.78, 5) is 37.0. The molecule has 0 atom stereocenters. The lowest BCUT2D eigenvalue weighted by molar-refractivity contribution is -0.130. The second kappa shape index (κ2) is 5.79. The lowest BCUT2D eigenvalue weighted by Gasteiger charge is -2.25.